The van der Waals surface area contributed by atoms with Crippen molar-refractivity contribution in [2.75, 3.05) is 22.9 Å². The molecule has 10 heteroatoms. The first-order valence-corrected chi connectivity index (χ1v) is 12.0. The predicted octanol–water partition coefficient (Wildman–Crippen LogP) is 3.35. The standard InChI is InChI=1S/C24H28N6O3S/c1-3-30-21(10-7-15-25-23(33)18-8-5-4-6-9-18)28-29-24(30)34-16-22(32)27-20-13-11-19(12-14-20)26-17(2)31/h4-6,8-9,11-14H,3,7,10,15-16H2,1-2H3,(H,25,33)(H,26,31)(H,27,32). The molecule has 0 aliphatic carbocycles. The molecule has 0 spiro atoms. The van der Waals surface area contributed by atoms with Gasteiger partial charge in [-0.25, -0.2) is 0 Å². The maximum atomic E-state index is 12.3. The number of amides is 3. The second-order valence-electron chi connectivity index (χ2n) is 7.46. The first kappa shape index (κ1) is 25.0. The van der Waals surface area contributed by atoms with Crippen molar-refractivity contribution in [2.24, 2.45) is 0 Å². The molecule has 0 fully saturated rings. The van der Waals surface area contributed by atoms with Crippen LogP contribution in [0.5, 0.6) is 0 Å². The molecule has 0 radical (unpaired) electrons. The molecule has 1 heterocycles. The van der Waals surface area contributed by atoms with Crippen molar-refractivity contribution < 1.29 is 14.4 Å². The first-order valence-electron chi connectivity index (χ1n) is 11.0. The summed E-state index contributed by atoms with van der Waals surface area (Å²) in [7, 11) is 0. The van der Waals surface area contributed by atoms with E-state index in [0.29, 0.717) is 41.6 Å². The smallest absolute Gasteiger partial charge is 0.251 e. The van der Waals surface area contributed by atoms with Crippen molar-refractivity contribution in [3.63, 3.8) is 0 Å². The lowest BCUT2D eigenvalue weighted by Gasteiger charge is -2.09. The zero-order chi connectivity index (χ0) is 24.3. The minimum Gasteiger partial charge on any atom is -0.352 e. The highest BCUT2D eigenvalue weighted by molar-refractivity contribution is 7.99. The molecule has 3 N–H and O–H groups in total. The van der Waals surface area contributed by atoms with Gasteiger partial charge in [0.15, 0.2) is 5.16 Å². The van der Waals surface area contributed by atoms with Gasteiger partial charge in [0, 0.05) is 43.4 Å². The summed E-state index contributed by atoms with van der Waals surface area (Å²) in [6, 6.07) is 16.0. The second-order valence-corrected chi connectivity index (χ2v) is 8.41. The van der Waals surface area contributed by atoms with E-state index in [1.807, 2.05) is 29.7 Å². The topological polar surface area (TPSA) is 118 Å². The van der Waals surface area contributed by atoms with Gasteiger partial charge < -0.3 is 20.5 Å². The van der Waals surface area contributed by atoms with Crippen molar-refractivity contribution in [3.05, 3.63) is 66.0 Å². The fraction of sp³-hybridized carbons (Fsp3) is 0.292. The van der Waals surface area contributed by atoms with Gasteiger partial charge in [-0.15, -0.1) is 10.2 Å². The number of thioether (sulfide) groups is 1. The Morgan fingerprint density at radius 1 is 0.941 bits per heavy atom. The lowest BCUT2D eigenvalue weighted by Crippen LogP contribution is -2.24. The Labute approximate surface area is 202 Å². The van der Waals surface area contributed by atoms with E-state index < -0.39 is 0 Å². The molecule has 3 aromatic rings. The molecule has 0 aliphatic heterocycles. The Morgan fingerprint density at radius 2 is 1.62 bits per heavy atom. The van der Waals surface area contributed by atoms with Gasteiger partial charge in [0.2, 0.25) is 11.8 Å². The van der Waals surface area contributed by atoms with Gasteiger partial charge >= 0.3 is 0 Å². The Morgan fingerprint density at radius 3 is 2.26 bits per heavy atom. The number of nitrogens with one attached hydrogen (secondary N) is 3. The fourth-order valence-corrected chi connectivity index (χ4v) is 4.06. The third-order valence-electron chi connectivity index (χ3n) is 4.83. The maximum absolute atomic E-state index is 12.3. The molecule has 0 aliphatic rings. The first-order chi connectivity index (χ1) is 16.5. The minimum absolute atomic E-state index is 0.0930. The molecule has 2 aromatic carbocycles. The van der Waals surface area contributed by atoms with Crippen molar-refractivity contribution in [2.45, 2.75) is 38.4 Å². The molecule has 3 amide bonds. The number of rotatable bonds is 11. The molecule has 9 nitrogen and oxygen atoms in total. The number of carbonyl (C=O) groups excluding carboxylic acids is 3. The summed E-state index contributed by atoms with van der Waals surface area (Å²) >= 11 is 1.32. The van der Waals surface area contributed by atoms with E-state index in [4.69, 9.17) is 0 Å². The van der Waals surface area contributed by atoms with E-state index >= 15 is 0 Å². The molecule has 0 saturated heterocycles. The van der Waals surface area contributed by atoms with E-state index in [1.54, 1.807) is 36.4 Å². The highest BCUT2D eigenvalue weighted by Crippen LogP contribution is 2.19. The van der Waals surface area contributed by atoms with Crippen molar-refractivity contribution in [1.82, 2.24) is 20.1 Å². The van der Waals surface area contributed by atoms with Gasteiger partial charge in [-0.05, 0) is 49.7 Å². The maximum Gasteiger partial charge on any atom is 0.251 e. The number of carbonyl (C=O) groups is 3. The third-order valence-corrected chi connectivity index (χ3v) is 5.80. The van der Waals surface area contributed by atoms with Crippen LogP contribution in [0.4, 0.5) is 11.4 Å². The van der Waals surface area contributed by atoms with Crippen LogP contribution >= 0.6 is 11.8 Å². The van der Waals surface area contributed by atoms with Gasteiger partial charge in [-0.1, -0.05) is 30.0 Å². The SMILES string of the molecule is CCn1c(CCCNC(=O)c2ccccc2)nnc1SCC(=O)Nc1ccc(NC(C)=O)cc1. The zero-order valence-corrected chi connectivity index (χ0v) is 20.0. The highest BCUT2D eigenvalue weighted by Gasteiger charge is 2.13. The lowest BCUT2D eigenvalue weighted by molar-refractivity contribution is -0.114. The molecule has 0 unspecified atom stereocenters. The number of aromatic nitrogens is 3. The van der Waals surface area contributed by atoms with Crippen LogP contribution in [0.3, 0.4) is 0 Å². The summed E-state index contributed by atoms with van der Waals surface area (Å²) in [5.74, 6) is 0.619. The lowest BCUT2D eigenvalue weighted by atomic mass is 10.2. The predicted molar refractivity (Wildman–Crippen MR) is 133 cm³/mol. The normalized spacial score (nSPS) is 10.5. The molecule has 34 heavy (non-hydrogen) atoms. The minimum atomic E-state index is -0.159. The molecule has 1 aromatic heterocycles. The Bertz CT molecular complexity index is 1120. The molecule has 0 atom stereocenters. The van der Waals surface area contributed by atoms with Crippen LogP contribution in [-0.2, 0) is 22.6 Å². The Balaban J connectivity index is 1.44. The van der Waals surface area contributed by atoms with E-state index in [-0.39, 0.29) is 23.5 Å². The number of hydrogen-bond donors (Lipinski definition) is 3. The van der Waals surface area contributed by atoms with E-state index in [1.165, 1.54) is 18.7 Å². The summed E-state index contributed by atoms with van der Waals surface area (Å²) in [4.78, 5) is 35.6. The van der Waals surface area contributed by atoms with E-state index in [2.05, 4.69) is 26.1 Å². The summed E-state index contributed by atoms with van der Waals surface area (Å²) in [5.41, 5.74) is 1.96. The van der Waals surface area contributed by atoms with Crippen LogP contribution in [0.25, 0.3) is 0 Å². The summed E-state index contributed by atoms with van der Waals surface area (Å²) in [6.45, 7) is 4.67. The molecule has 178 valence electrons. The van der Waals surface area contributed by atoms with Crippen LogP contribution in [0.1, 0.15) is 36.5 Å². The Hall–Kier alpha value is -3.66. The average molecular weight is 481 g/mol. The van der Waals surface area contributed by atoms with Crippen LogP contribution < -0.4 is 16.0 Å². The fourth-order valence-electron chi connectivity index (χ4n) is 3.24. The van der Waals surface area contributed by atoms with Crippen molar-refractivity contribution in [3.8, 4) is 0 Å². The van der Waals surface area contributed by atoms with Gasteiger partial charge in [-0.3, -0.25) is 14.4 Å². The van der Waals surface area contributed by atoms with Gasteiger partial charge in [-0.2, -0.15) is 0 Å². The number of anilines is 2. The number of nitrogens with zero attached hydrogens (tertiary/aromatic N) is 3. The zero-order valence-electron chi connectivity index (χ0n) is 19.2. The van der Waals surface area contributed by atoms with Crippen molar-refractivity contribution in [1.29, 1.82) is 0 Å². The van der Waals surface area contributed by atoms with Gasteiger partial charge in [0.25, 0.3) is 5.91 Å². The van der Waals surface area contributed by atoms with E-state index in [0.717, 1.165) is 12.2 Å². The number of hydrogen-bond acceptors (Lipinski definition) is 6. The summed E-state index contributed by atoms with van der Waals surface area (Å²) in [5, 5.41) is 17.6. The van der Waals surface area contributed by atoms with Crippen LogP contribution in [-0.4, -0.2) is 44.8 Å². The van der Waals surface area contributed by atoms with Crippen LogP contribution in [0.15, 0.2) is 59.8 Å². The monoisotopic (exact) mass is 480 g/mol. The van der Waals surface area contributed by atoms with Crippen molar-refractivity contribution >= 4 is 40.9 Å². The number of aryl methyl sites for hydroxylation is 1. The Kier molecular flexibility index (Phi) is 9.21. The number of benzene rings is 2. The average Bonchev–Trinajstić information content (AvgIpc) is 3.23. The molecule has 0 saturated carbocycles. The van der Waals surface area contributed by atoms with Crippen LogP contribution in [0, 0.1) is 0 Å². The third kappa shape index (κ3) is 7.45. The largest absolute Gasteiger partial charge is 0.352 e. The summed E-state index contributed by atoms with van der Waals surface area (Å²) in [6.07, 6.45) is 1.40. The van der Waals surface area contributed by atoms with Gasteiger partial charge in [0.1, 0.15) is 5.82 Å². The van der Waals surface area contributed by atoms with E-state index in [9.17, 15) is 14.4 Å². The second kappa shape index (κ2) is 12.5. The van der Waals surface area contributed by atoms with Crippen LogP contribution in [0.2, 0.25) is 0 Å². The highest BCUT2D eigenvalue weighted by atomic mass is 32.2. The molecule has 0 bridgehead atoms. The molecular formula is C24H28N6O3S. The quantitative estimate of drug-likeness (QED) is 0.286. The molecular weight excluding hydrogens is 452 g/mol. The molecule has 3 rings (SSSR count). The van der Waals surface area contributed by atoms with Gasteiger partial charge in [0.05, 0.1) is 5.75 Å². The summed E-state index contributed by atoms with van der Waals surface area (Å²) < 4.78 is 1.99.